The maximum absolute atomic E-state index is 12.1. The van der Waals surface area contributed by atoms with Gasteiger partial charge in [-0.05, 0) is 20.8 Å². The van der Waals surface area contributed by atoms with E-state index in [2.05, 4.69) is 4.90 Å². The summed E-state index contributed by atoms with van der Waals surface area (Å²) in [5.41, 5.74) is 0.991. The quantitative estimate of drug-likeness (QED) is 0.722. The summed E-state index contributed by atoms with van der Waals surface area (Å²) in [7, 11) is 1.83. The molecule has 4 nitrogen and oxygen atoms in total. The maximum atomic E-state index is 12.1. The van der Waals surface area contributed by atoms with Gasteiger partial charge in [0, 0.05) is 25.8 Å². The standard InChI is InChI=1S/C12H22N2O2/c1-5-10(2)13(4)12(15)11(3)14-6-8-16-9-7-14/h5,11H,6-9H2,1-4H3. The lowest BCUT2D eigenvalue weighted by molar-refractivity contribution is -0.134. The number of amides is 1. The fourth-order valence-corrected chi connectivity index (χ4v) is 1.77. The number of rotatable bonds is 3. The largest absolute Gasteiger partial charge is 0.379 e. The first-order valence-corrected chi connectivity index (χ1v) is 5.80. The van der Waals surface area contributed by atoms with Crippen molar-refractivity contribution in [1.82, 2.24) is 9.80 Å². The molecule has 0 aliphatic carbocycles. The van der Waals surface area contributed by atoms with E-state index < -0.39 is 0 Å². The molecule has 1 unspecified atom stereocenters. The van der Waals surface area contributed by atoms with E-state index in [0.29, 0.717) is 0 Å². The molecule has 16 heavy (non-hydrogen) atoms. The van der Waals surface area contributed by atoms with E-state index in [1.54, 1.807) is 4.90 Å². The molecule has 1 rings (SSSR count). The molecule has 0 aromatic heterocycles. The first-order chi connectivity index (χ1) is 7.57. The third-order valence-electron chi connectivity index (χ3n) is 3.23. The van der Waals surface area contributed by atoms with Crippen molar-refractivity contribution in [3.8, 4) is 0 Å². The minimum absolute atomic E-state index is 0.0659. The highest BCUT2D eigenvalue weighted by atomic mass is 16.5. The highest BCUT2D eigenvalue weighted by Gasteiger charge is 2.25. The second kappa shape index (κ2) is 6.01. The number of hydrogen-bond donors (Lipinski definition) is 0. The van der Waals surface area contributed by atoms with Crippen LogP contribution >= 0.6 is 0 Å². The summed E-state index contributed by atoms with van der Waals surface area (Å²) in [4.78, 5) is 16.0. The molecule has 0 saturated carbocycles. The van der Waals surface area contributed by atoms with Crippen molar-refractivity contribution in [1.29, 1.82) is 0 Å². The van der Waals surface area contributed by atoms with Crippen LogP contribution in [0, 0.1) is 0 Å². The van der Waals surface area contributed by atoms with Gasteiger partial charge in [-0.15, -0.1) is 0 Å². The van der Waals surface area contributed by atoms with E-state index in [1.165, 1.54) is 0 Å². The average molecular weight is 226 g/mol. The van der Waals surface area contributed by atoms with Crippen molar-refractivity contribution in [2.24, 2.45) is 0 Å². The summed E-state index contributed by atoms with van der Waals surface area (Å²) in [6, 6.07) is -0.0659. The topological polar surface area (TPSA) is 32.8 Å². The number of hydrogen-bond acceptors (Lipinski definition) is 3. The number of ether oxygens (including phenoxy) is 1. The molecule has 1 heterocycles. The number of carbonyl (C=O) groups is 1. The normalized spacial score (nSPS) is 20.6. The fraction of sp³-hybridized carbons (Fsp3) is 0.750. The van der Waals surface area contributed by atoms with Crippen LogP contribution in [-0.4, -0.2) is 55.1 Å². The summed E-state index contributed by atoms with van der Waals surface area (Å²) < 4.78 is 5.28. The smallest absolute Gasteiger partial charge is 0.243 e. The Kier molecular flexibility index (Phi) is 4.96. The monoisotopic (exact) mass is 226 g/mol. The van der Waals surface area contributed by atoms with Gasteiger partial charge in [0.15, 0.2) is 0 Å². The van der Waals surface area contributed by atoms with Crippen molar-refractivity contribution >= 4 is 5.91 Å². The zero-order valence-corrected chi connectivity index (χ0v) is 10.7. The Labute approximate surface area is 97.9 Å². The summed E-state index contributed by atoms with van der Waals surface area (Å²) in [6.45, 7) is 8.99. The first-order valence-electron chi connectivity index (χ1n) is 5.80. The Morgan fingerprint density at radius 3 is 2.50 bits per heavy atom. The van der Waals surface area contributed by atoms with Crippen LogP contribution < -0.4 is 0 Å². The highest BCUT2D eigenvalue weighted by molar-refractivity contribution is 5.82. The van der Waals surface area contributed by atoms with Gasteiger partial charge < -0.3 is 9.64 Å². The van der Waals surface area contributed by atoms with Crippen LogP contribution in [0.5, 0.6) is 0 Å². The minimum Gasteiger partial charge on any atom is -0.379 e. The summed E-state index contributed by atoms with van der Waals surface area (Å²) in [6.07, 6.45) is 1.95. The molecule has 0 radical (unpaired) electrons. The molecule has 0 aromatic carbocycles. The van der Waals surface area contributed by atoms with Crippen molar-refractivity contribution in [2.75, 3.05) is 33.4 Å². The zero-order chi connectivity index (χ0) is 12.1. The molecule has 1 saturated heterocycles. The van der Waals surface area contributed by atoms with Gasteiger partial charge in [0.1, 0.15) is 0 Å². The van der Waals surface area contributed by atoms with E-state index in [0.717, 1.165) is 32.0 Å². The molecule has 4 heteroatoms. The van der Waals surface area contributed by atoms with Gasteiger partial charge >= 0.3 is 0 Å². The number of allylic oxidation sites excluding steroid dienone is 2. The maximum Gasteiger partial charge on any atom is 0.243 e. The summed E-state index contributed by atoms with van der Waals surface area (Å²) in [5, 5.41) is 0. The summed E-state index contributed by atoms with van der Waals surface area (Å²) in [5.74, 6) is 0.150. The predicted molar refractivity (Wildman–Crippen MR) is 64.1 cm³/mol. The molecule has 0 aromatic rings. The van der Waals surface area contributed by atoms with Gasteiger partial charge in [0.05, 0.1) is 19.3 Å². The van der Waals surface area contributed by atoms with Crippen molar-refractivity contribution in [3.63, 3.8) is 0 Å². The molecule has 1 aliphatic heterocycles. The second-order valence-corrected chi connectivity index (χ2v) is 4.15. The molecule has 92 valence electrons. The lowest BCUT2D eigenvalue weighted by Crippen LogP contribution is -2.49. The van der Waals surface area contributed by atoms with Gasteiger partial charge in [0.25, 0.3) is 0 Å². The van der Waals surface area contributed by atoms with E-state index >= 15 is 0 Å². The van der Waals surface area contributed by atoms with Crippen LogP contribution in [0.15, 0.2) is 11.8 Å². The third kappa shape index (κ3) is 3.06. The molecule has 1 amide bonds. The van der Waals surface area contributed by atoms with Gasteiger partial charge in [-0.2, -0.15) is 0 Å². The molecular formula is C12H22N2O2. The van der Waals surface area contributed by atoms with Gasteiger partial charge in [-0.25, -0.2) is 0 Å². The number of likely N-dealkylation sites (N-methyl/N-ethyl adjacent to an activating group) is 1. The van der Waals surface area contributed by atoms with E-state index in [4.69, 9.17) is 4.74 Å². The Balaban J connectivity index is 2.58. The van der Waals surface area contributed by atoms with Crippen LogP contribution in [0.1, 0.15) is 20.8 Å². The van der Waals surface area contributed by atoms with Crippen LogP contribution in [0.2, 0.25) is 0 Å². The molecule has 1 atom stereocenters. The molecule has 1 aliphatic rings. The Bertz CT molecular complexity index is 270. The van der Waals surface area contributed by atoms with E-state index in [1.807, 2.05) is 33.9 Å². The first kappa shape index (κ1) is 13.2. The number of morpholine rings is 1. The van der Waals surface area contributed by atoms with Crippen molar-refractivity contribution in [2.45, 2.75) is 26.8 Å². The number of carbonyl (C=O) groups excluding carboxylic acids is 1. The van der Waals surface area contributed by atoms with Gasteiger partial charge in [-0.1, -0.05) is 6.08 Å². The van der Waals surface area contributed by atoms with Crippen molar-refractivity contribution < 1.29 is 9.53 Å². The highest BCUT2D eigenvalue weighted by Crippen LogP contribution is 2.09. The third-order valence-corrected chi connectivity index (χ3v) is 3.23. The van der Waals surface area contributed by atoms with Crippen LogP contribution in [0.25, 0.3) is 0 Å². The molecule has 0 bridgehead atoms. The summed E-state index contributed by atoms with van der Waals surface area (Å²) >= 11 is 0. The van der Waals surface area contributed by atoms with Crippen molar-refractivity contribution in [3.05, 3.63) is 11.8 Å². The number of nitrogens with zero attached hydrogens (tertiary/aromatic N) is 2. The second-order valence-electron chi connectivity index (χ2n) is 4.15. The average Bonchev–Trinajstić information content (AvgIpc) is 2.36. The van der Waals surface area contributed by atoms with Crippen LogP contribution in [-0.2, 0) is 9.53 Å². The lowest BCUT2D eigenvalue weighted by Gasteiger charge is -2.33. The molecule has 0 spiro atoms. The Hall–Kier alpha value is -0.870. The lowest BCUT2D eigenvalue weighted by atomic mass is 10.2. The van der Waals surface area contributed by atoms with E-state index in [9.17, 15) is 4.79 Å². The zero-order valence-electron chi connectivity index (χ0n) is 10.7. The Morgan fingerprint density at radius 1 is 1.44 bits per heavy atom. The predicted octanol–water partition coefficient (Wildman–Crippen LogP) is 1.09. The minimum atomic E-state index is -0.0659. The fourth-order valence-electron chi connectivity index (χ4n) is 1.77. The van der Waals surface area contributed by atoms with Crippen LogP contribution in [0.3, 0.4) is 0 Å². The molecular weight excluding hydrogens is 204 g/mol. The van der Waals surface area contributed by atoms with Crippen LogP contribution in [0.4, 0.5) is 0 Å². The van der Waals surface area contributed by atoms with Gasteiger partial charge in [0.2, 0.25) is 5.91 Å². The molecule has 0 N–H and O–H groups in total. The Morgan fingerprint density at radius 2 is 2.00 bits per heavy atom. The van der Waals surface area contributed by atoms with E-state index in [-0.39, 0.29) is 11.9 Å². The SMILES string of the molecule is CC=C(C)N(C)C(=O)C(C)N1CCOCC1. The molecule has 1 fully saturated rings. The van der Waals surface area contributed by atoms with Gasteiger partial charge in [-0.3, -0.25) is 9.69 Å².